The second-order valence-corrected chi connectivity index (χ2v) is 9.15. The van der Waals surface area contributed by atoms with Crippen molar-refractivity contribution in [3.8, 4) is 0 Å². The van der Waals surface area contributed by atoms with Crippen LogP contribution in [-0.2, 0) is 9.53 Å². The van der Waals surface area contributed by atoms with Gasteiger partial charge in [0.15, 0.2) is 0 Å². The molecule has 0 heterocycles. The van der Waals surface area contributed by atoms with Crippen LogP contribution < -0.4 is 0 Å². The quantitative estimate of drug-likeness (QED) is 0.101. The molecular formula is C27H52O2. The van der Waals surface area contributed by atoms with Crippen LogP contribution in [0.5, 0.6) is 0 Å². The van der Waals surface area contributed by atoms with Gasteiger partial charge < -0.3 is 4.74 Å². The molecular weight excluding hydrogens is 356 g/mol. The molecule has 0 rings (SSSR count). The van der Waals surface area contributed by atoms with E-state index in [4.69, 9.17) is 4.74 Å². The third-order valence-electron chi connectivity index (χ3n) is 5.58. The second kappa shape index (κ2) is 23.5. The summed E-state index contributed by atoms with van der Waals surface area (Å²) in [5, 5.41) is 0. The molecule has 0 bridgehead atoms. The molecule has 0 unspecified atom stereocenters. The van der Waals surface area contributed by atoms with Gasteiger partial charge in [-0.2, -0.15) is 0 Å². The fourth-order valence-electron chi connectivity index (χ4n) is 3.61. The molecule has 2 nitrogen and oxygen atoms in total. The highest BCUT2D eigenvalue weighted by Crippen LogP contribution is 2.12. The Kier molecular flexibility index (Phi) is 22.8. The number of allylic oxidation sites excluding steroid dienone is 2. The fraction of sp³-hybridized carbons (Fsp3) is 0.889. The van der Waals surface area contributed by atoms with E-state index in [1.165, 1.54) is 103 Å². The van der Waals surface area contributed by atoms with Crippen LogP contribution in [-0.4, -0.2) is 12.6 Å². The van der Waals surface area contributed by atoms with Crippen molar-refractivity contribution in [2.24, 2.45) is 5.92 Å². The van der Waals surface area contributed by atoms with Crippen LogP contribution in [0.25, 0.3) is 0 Å². The van der Waals surface area contributed by atoms with Gasteiger partial charge >= 0.3 is 5.97 Å². The first-order valence-corrected chi connectivity index (χ1v) is 13.0. The average molecular weight is 409 g/mol. The Labute approximate surface area is 183 Å². The molecule has 0 amide bonds. The maximum absolute atomic E-state index is 11.7. The van der Waals surface area contributed by atoms with E-state index >= 15 is 0 Å². The molecule has 0 aliphatic rings. The first kappa shape index (κ1) is 28.2. The first-order chi connectivity index (χ1) is 14.2. The first-order valence-electron chi connectivity index (χ1n) is 13.0. The van der Waals surface area contributed by atoms with Crippen LogP contribution in [0.15, 0.2) is 12.2 Å². The van der Waals surface area contributed by atoms with Crippen molar-refractivity contribution in [3.63, 3.8) is 0 Å². The molecule has 0 N–H and O–H groups in total. The van der Waals surface area contributed by atoms with Crippen molar-refractivity contribution in [3.05, 3.63) is 12.2 Å². The lowest BCUT2D eigenvalue weighted by molar-refractivity contribution is -0.143. The van der Waals surface area contributed by atoms with Crippen LogP contribution in [0.3, 0.4) is 0 Å². The minimum absolute atomic E-state index is 0.00802. The molecule has 2 heteroatoms. The molecule has 0 atom stereocenters. The summed E-state index contributed by atoms with van der Waals surface area (Å²) in [6, 6.07) is 0. The van der Waals surface area contributed by atoms with Gasteiger partial charge in [-0.15, -0.1) is 0 Å². The van der Waals surface area contributed by atoms with E-state index in [-0.39, 0.29) is 5.97 Å². The number of rotatable bonds is 22. The van der Waals surface area contributed by atoms with Gasteiger partial charge in [0, 0.05) is 6.42 Å². The number of hydrogen-bond donors (Lipinski definition) is 0. The molecule has 0 fully saturated rings. The van der Waals surface area contributed by atoms with E-state index < -0.39 is 0 Å². The summed E-state index contributed by atoms with van der Waals surface area (Å²) in [5.41, 5.74) is 0. The number of hydrogen-bond acceptors (Lipinski definition) is 2. The minimum Gasteiger partial charge on any atom is -0.466 e. The maximum atomic E-state index is 11.7. The lowest BCUT2D eigenvalue weighted by Gasteiger charge is -2.06. The SMILES string of the molecule is CCCCCC/C=C/CCCCCCCCCC(=O)OCCCCCCC(C)C. The smallest absolute Gasteiger partial charge is 0.305 e. The Morgan fingerprint density at radius 2 is 1.21 bits per heavy atom. The highest BCUT2D eigenvalue weighted by molar-refractivity contribution is 5.69. The van der Waals surface area contributed by atoms with Crippen molar-refractivity contribution in [2.75, 3.05) is 6.61 Å². The van der Waals surface area contributed by atoms with E-state index in [1.54, 1.807) is 0 Å². The Morgan fingerprint density at radius 1 is 0.690 bits per heavy atom. The Morgan fingerprint density at radius 3 is 1.83 bits per heavy atom. The summed E-state index contributed by atoms with van der Waals surface area (Å²) in [6.07, 6.45) is 28.2. The van der Waals surface area contributed by atoms with Gasteiger partial charge in [-0.3, -0.25) is 4.79 Å². The van der Waals surface area contributed by atoms with Crippen molar-refractivity contribution in [1.82, 2.24) is 0 Å². The zero-order valence-electron chi connectivity index (χ0n) is 20.2. The molecule has 0 radical (unpaired) electrons. The van der Waals surface area contributed by atoms with E-state index in [0.29, 0.717) is 13.0 Å². The molecule has 0 aromatic rings. The molecule has 0 aliphatic heterocycles. The summed E-state index contributed by atoms with van der Waals surface area (Å²) >= 11 is 0. The average Bonchev–Trinajstić information content (AvgIpc) is 2.70. The van der Waals surface area contributed by atoms with E-state index in [1.807, 2.05) is 0 Å². The molecule has 0 saturated heterocycles. The normalized spacial score (nSPS) is 11.6. The summed E-state index contributed by atoms with van der Waals surface area (Å²) in [6.45, 7) is 7.44. The minimum atomic E-state index is 0.00802. The van der Waals surface area contributed by atoms with Crippen molar-refractivity contribution in [2.45, 2.75) is 143 Å². The lowest BCUT2D eigenvalue weighted by Crippen LogP contribution is -2.05. The van der Waals surface area contributed by atoms with Gasteiger partial charge in [-0.1, -0.05) is 110 Å². The number of carbonyl (C=O) groups excluding carboxylic acids is 1. The van der Waals surface area contributed by atoms with E-state index in [2.05, 4.69) is 32.9 Å². The zero-order chi connectivity index (χ0) is 21.4. The second-order valence-electron chi connectivity index (χ2n) is 9.15. The monoisotopic (exact) mass is 408 g/mol. The van der Waals surface area contributed by atoms with Gasteiger partial charge in [-0.05, 0) is 44.4 Å². The number of unbranched alkanes of at least 4 members (excludes halogenated alkanes) is 14. The highest BCUT2D eigenvalue weighted by Gasteiger charge is 2.02. The topological polar surface area (TPSA) is 26.3 Å². The standard InChI is InChI=1S/C27H52O2/c1-4-5-6-7-8-9-10-11-12-13-14-15-16-17-21-24-27(28)29-25-22-19-18-20-23-26(2)3/h9-10,26H,4-8,11-25H2,1-3H3/b10-9+. The van der Waals surface area contributed by atoms with Crippen LogP contribution in [0.4, 0.5) is 0 Å². The molecule has 0 aromatic heterocycles. The van der Waals surface area contributed by atoms with Crippen LogP contribution in [0, 0.1) is 5.92 Å². The third-order valence-corrected chi connectivity index (χ3v) is 5.58. The Balaban J connectivity index is 3.20. The largest absolute Gasteiger partial charge is 0.466 e. The summed E-state index contributed by atoms with van der Waals surface area (Å²) < 4.78 is 5.34. The predicted octanol–water partition coefficient (Wildman–Crippen LogP) is 9.17. The fourth-order valence-corrected chi connectivity index (χ4v) is 3.61. The molecule has 0 saturated carbocycles. The number of esters is 1. The molecule has 0 aromatic carbocycles. The van der Waals surface area contributed by atoms with Crippen molar-refractivity contribution < 1.29 is 9.53 Å². The maximum Gasteiger partial charge on any atom is 0.305 e. The Bertz CT molecular complexity index is 360. The highest BCUT2D eigenvalue weighted by atomic mass is 16.5. The van der Waals surface area contributed by atoms with E-state index in [0.717, 1.165) is 18.8 Å². The van der Waals surface area contributed by atoms with Gasteiger partial charge in [0.2, 0.25) is 0 Å². The van der Waals surface area contributed by atoms with Gasteiger partial charge in [-0.25, -0.2) is 0 Å². The van der Waals surface area contributed by atoms with Crippen LogP contribution >= 0.6 is 0 Å². The van der Waals surface area contributed by atoms with Crippen LogP contribution in [0.2, 0.25) is 0 Å². The number of carbonyl (C=O) groups is 1. The van der Waals surface area contributed by atoms with Crippen molar-refractivity contribution in [1.29, 1.82) is 0 Å². The molecule has 0 spiro atoms. The predicted molar refractivity (Wildman–Crippen MR) is 128 cm³/mol. The summed E-state index contributed by atoms with van der Waals surface area (Å²) in [4.78, 5) is 11.7. The van der Waals surface area contributed by atoms with E-state index in [9.17, 15) is 4.79 Å². The third kappa shape index (κ3) is 25.2. The molecule has 29 heavy (non-hydrogen) atoms. The molecule has 0 aliphatic carbocycles. The van der Waals surface area contributed by atoms with Gasteiger partial charge in [0.1, 0.15) is 0 Å². The van der Waals surface area contributed by atoms with Crippen molar-refractivity contribution >= 4 is 5.97 Å². The summed E-state index contributed by atoms with van der Waals surface area (Å²) in [7, 11) is 0. The lowest BCUT2D eigenvalue weighted by atomic mass is 10.0. The zero-order valence-corrected chi connectivity index (χ0v) is 20.2. The van der Waals surface area contributed by atoms with Crippen LogP contribution in [0.1, 0.15) is 143 Å². The van der Waals surface area contributed by atoms with Gasteiger partial charge in [0.25, 0.3) is 0 Å². The Hall–Kier alpha value is -0.790. The number of ether oxygens (including phenoxy) is 1. The van der Waals surface area contributed by atoms with Gasteiger partial charge in [0.05, 0.1) is 6.61 Å². The molecule has 172 valence electrons. The summed E-state index contributed by atoms with van der Waals surface area (Å²) in [5.74, 6) is 0.813.